The Hall–Kier alpha value is -2.57. The Morgan fingerprint density at radius 1 is 1.17 bits per heavy atom. The van der Waals surface area contributed by atoms with Crippen molar-refractivity contribution in [2.45, 2.75) is 19.4 Å². The molecule has 0 bridgehead atoms. The zero-order chi connectivity index (χ0) is 20.1. The molecule has 0 saturated carbocycles. The molecule has 7 heteroatoms. The van der Waals surface area contributed by atoms with Crippen molar-refractivity contribution in [1.82, 2.24) is 15.0 Å². The number of nitrogens with zero attached hydrogens (tertiary/aromatic N) is 3. The second-order valence-electron chi connectivity index (χ2n) is 7.26. The summed E-state index contributed by atoms with van der Waals surface area (Å²) in [5.74, 6) is 3.29. The van der Waals surface area contributed by atoms with Crippen LogP contribution in [0.2, 0.25) is 5.02 Å². The maximum atomic E-state index is 6.05. The second kappa shape index (κ2) is 9.29. The predicted molar refractivity (Wildman–Crippen MR) is 111 cm³/mol. The monoisotopic (exact) mass is 413 g/mol. The molecule has 1 aliphatic rings. The molecule has 1 fully saturated rings. The predicted octanol–water partition coefficient (Wildman–Crippen LogP) is 4.69. The van der Waals surface area contributed by atoms with Gasteiger partial charge in [0.05, 0.1) is 20.3 Å². The summed E-state index contributed by atoms with van der Waals surface area (Å²) < 4.78 is 16.7. The Kier molecular flexibility index (Phi) is 6.32. The van der Waals surface area contributed by atoms with Crippen LogP contribution in [0.4, 0.5) is 0 Å². The van der Waals surface area contributed by atoms with E-state index in [1.165, 1.54) is 0 Å². The van der Waals surface area contributed by atoms with Crippen LogP contribution in [0.15, 0.2) is 53.1 Å². The molecule has 1 aromatic heterocycles. The molecule has 1 unspecified atom stereocenters. The fourth-order valence-corrected chi connectivity index (χ4v) is 3.78. The molecular formula is C22H24ClN3O3. The van der Waals surface area contributed by atoms with E-state index in [4.69, 9.17) is 25.6 Å². The molecule has 152 valence electrons. The van der Waals surface area contributed by atoms with Gasteiger partial charge in [-0.25, -0.2) is 0 Å². The zero-order valence-corrected chi connectivity index (χ0v) is 17.1. The number of rotatable bonds is 7. The van der Waals surface area contributed by atoms with Crippen LogP contribution in [-0.4, -0.2) is 41.8 Å². The van der Waals surface area contributed by atoms with Crippen molar-refractivity contribution in [2.24, 2.45) is 5.92 Å². The van der Waals surface area contributed by atoms with E-state index in [0.717, 1.165) is 43.0 Å². The maximum absolute atomic E-state index is 6.05. The summed E-state index contributed by atoms with van der Waals surface area (Å²) >= 11 is 6.05. The normalized spacial score (nSPS) is 17.2. The highest BCUT2D eigenvalue weighted by Crippen LogP contribution is 2.24. The van der Waals surface area contributed by atoms with Crippen molar-refractivity contribution < 1.29 is 14.0 Å². The van der Waals surface area contributed by atoms with Crippen LogP contribution in [0, 0.1) is 5.92 Å². The van der Waals surface area contributed by atoms with E-state index in [1.54, 1.807) is 7.11 Å². The van der Waals surface area contributed by atoms with Crippen LogP contribution < -0.4 is 9.47 Å². The van der Waals surface area contributed by atoms with Crippen molar-refractivity contribution in [3.8, 4) is 22.9 Å². The average Bonchev–Trinajstić information content (AvgIpc) is 3.21. The third-order valence-corrected chi connectivity index (χ3v) is 5.27. The van der Waals surface area contributed by atoms with Gasteiger partial charge in [-0.15, -0.1) is 0 Å². The van der Waals surface area contributed by atoms with Crippen molar-refractivity contribution in [3.63, 3.8) is 0 Å². The third-order valence-electron chi connectivity index (χ3n) is 5.04. The summed E-state index contributed by atoms with van der Waals surface area (Å²) in [4.78, 5) is 6.88. The number of likely N-dealkylation sites (tertiary alicyclic amines) is 1. The van der Waals surface area contributed by atoms with E-state index in [9.17, 15) is 0 Å². The lowest BCUT2D eigenvalue weighted by atomic mass is 9.99. The molecule has 1 saturated heterocycles. The van der Waals surface area contributed by atoms with Gasteiger partial charge in [0.25, 0.3) is 0 Å². The summed E-state index contributed by atoms with van der Waals surface area (Å²) in [6, 6.07) is 15.2. The Balaban J connectivity index is 1.32. The summed E-state index contributed by atoms with van der Waals surface area (Å²) in [7, 11) is 1.66. The van der Waals surface area contributed by atoms with E-state index in [0.29, 0.717) is 35.8 Å². The van der Waals surface area contributed by atoms with E-state index in [1.807, 2.05) is 48.5 Å². The van der Waals surface area contributed by atoms with Crippen molar-refractivity contribution >= 4 is 11.6 Å². The van der Waals surface area contributed by atoms with Crippen molar-refractivity contribution in [2.75, 3.05) is 26.8 Å². The van der Waals surface area contributed by atoms with Gasteiger partial charge < -0.3 is 14.0 Å². The molecule has 0 radical (unpaired) electrons. The molecule has 0 spiro atoms. The summed E-state index contributed by atoms with van der Waals surface area (Å²) in [5, 5.41) is 4.75. The van der Waals surface area contributed by atoms with Crippen LogP contribution in [0.25, 0.3) is 11.4 Å². The Labute approximate surface area is 175 Å². The first-order chi connectivity index (χ1) is 14.2. The van der Waals surface area contributed by atoms with Gasteiger partial charge in [-0.3, -0.25) is 4.90 Å². The van der Waals surface area contributed by atoms with Crippen LogP contribution in [0.5, 0.6) is 11.5 Å². The molecule has 6 nitrogen and oxygen atoms in total. The quantitative estimate of drug-likeness (QED) is 0.560. The summed E-state index contributed by atoms with van der Waals surface area (Å²) in [6.07, 6.45) is 2.28. The highest BCUT2D eigenvalue weighted by molar-refractivity contribution is 6.30. The molecule has 1 atom stereocenters. The largest absolute Gasteiger partial charge is 0.497 e. The molecule has 2 heterocycles. The molecule has 0 aliphatic carbocycles. The fraction of sp³-hybridized carbons (Fsp3) is 0.364. The molecule has 1 aliphatic heterocycles. The van der Waals surface area contributed by atoms with Gasteiger partial charge in [0, 0.05) is 29.1 Å². The number of ether oxygens (including phenoxy) is 2. The number of piperidine rings is 1. The number of aromatic nitrogens is 2. The van der Waals surface area contributed by atoms with Crippen LogP contribution >= 0.6 is 11.6 Å². The van der Waals surface area contributed by atoms with E-state index >= 15 is 0 Å². The van der Waals surface area contributed by atoms with E-state index in [-0.39, 0.29) is 0 Å². The van der Waals surface area contributed by atoms with Crippen LogP contribution in [0.1, 0.15) is 18.7 Å². The number of benzene rings is 2. The molecule has 4 rings (SSSR count). The van der Waals surface area contributed by atoms with Crippen molar-refractivity contribution in [3.05, 3.63) is 59.4 Å². The molecular weight excluding hydrogens is 390 g/mol. The van der Waals surface area contributed by atoms with Gasteiger partial charge >= 0.3 is 0 Å². The minimum absolute atomic E-state index is 0.463. The first-order valence-electron chi connectivity index (χ1n) is 9.77. The minimum atomic E-state index is 0.463. The highest BCUT2D eigenvalue weighted by atomic mass is 35.5. The average molecular weight is 414 g/mol. The Morgan fingerprint density at radius 2 is 2.03 bits per heavy atom. The lowest BCUT2D eigenvalue weighted by molar-refractivity contribution is 0.115. The topological polar surface area (TPSA) is 60.6 Å². The number of hydrogen-bond donors (Lipinski definition) is 0. The zero-order valence-electron chi connectivity index (χ0n) is 16.4. The van der Waals surface area contributed by atoms with Crippen LogP contribution in [-0.2, 0) is 6.54 Å². The van der Waals surface area contributed by atoms with Gasteiger partial charge in [0.2, 0.25) is 11.7 Å². The molecule has 0 amide bonds. The number of methoxy groups -OCH3 is 1. The highest BCUT2D eigenvalue weighted by Gasteiger charge is 2.22. The first kappa shape index (κ1) is 19.7. The van der Waals surface area contributed by atoms with Crippen LogP contribution in [0.3, 0.4) is 0 Å². The first-order valence-corrected chi connectivity index (χ1v) is 10.1. The van der Waals surface area contributed by atoms with Gasteiger partial charge in [-0.1, -0.05) is 35.0 Å². The lowest BCUT2D eigenvalue weighted by Gasteiger charge is -2.31. The molecule has 3 aromatic rings. The standard InChI is InChI=1S/C22H24ClN3O3/c1-27-19-8-3-9-20(12-19)28-15-16-5-4-10-26(13-16)14-21-24-22(25-29-21)17-6-2-7-18(23)11-17/h2-3,6-9,11-12,16H,4-5,10,13-15H2,1H3. The summed E-state index contributed by atoms with van der Waals surface area (Å²) in [6.45, 7) is 3.29. The van der Waals surface area contributed by atoms with Crippen molar-refractivity contribution in [1.29, 1.82) is 0 Å². The summed E-state index contributed by atoms with van der Waals surface area (Å²) in [5.41, 5.74) is 0.857. The maximum Gasteiger partial charge on any atom is 0.241 e. The smallest absolute Gasteiger partial charge is 0.241 e. The Bertz CT molecular complexity index is 946. The molecule has 0 N–H and O–H groups in total. The van der Waals surface area contributed by atoms with Gasteiger partial charge in [-0.05, 0) is 43.7 Å². The number of hydrogen-bond acceptors (Lipinski definition) is 6. The third kappa shape index (κ3) is 5.28. The Morgan fingerprint density at radius 3 is 2.90 bits per heavy atom. The van der Waals surface area contributed by atoms with Gasteiger partial charge in [-0.2, -0.15) is 4.98 Å². The lowest BCUT2D eigenvalue weighted by Crippen LogP contribution is -2.37. The number of halogens is 1. The SMILES string of the molecule is COc1cccc(OCC2CCCN(Cc3nc(-c4cccc(Cl)c4)no3)C2)c1. The fourth-order valence-electron chi connectivity index (χ4n) is 3.59. The minimum Gasteiger partial charge on any atom is -0.497 e. The van der Waals surface area contributed by atoms with E-state index < -0.39 is 0 Å². The van der Waals surface area contributed by atoms with E-state index in [2.05, 4.69) is 15.0 Å². The van der Waals surface area contributed by atoms with Gasteiger partial charge in [0.15, 0.2) is 0 Å². The molecule has 2 aromatic carbocycles. The van der Waals surface area contributed by atoms with Gasteiger partial charge in [0.1, 0.15) is 11.5 Å². The second-order valence-corrected chi connectivity index (χ2v) is 7.69. The molecule has 29 heavy (non-hydrogen) atoms.